The third-order valence-electron chi connectivity index (χ3n) is 6.06. The summed E-state index contributed by atoms with van der Waals surface area (Å²) in [5.74, 6) is -0.941. The first-order valence-electron chi connectivity index (χ1n) is 11.6. The highest BCUT2D eigenvalue weighted by Crippen LogP contribution is 2.34. The largest absolute Gasteiger partial charge is 0.497 e. The molecule has 1 aliphatic rings. The summed E-state index contributed by atoms with van der Waals surface area (Å²) < 4.78 is 58.4. The van der Waals surface area contributed by atoms with Gasteiger partial charge in [-0.1, -0.05) is 18.2 Å². The zero-order valence-corrected chi connectivity index (χ0v) is 21.0. The highest BCUT2D eigenvalue weighted by molar-refractivity contribution is 7.80. The molecule has 6 nitrogen and oxygen atoms in total. The molecule has 38 heavy (non-hydrogen) atoms. The molecule has 1 unspecified atom stereocenters. The average Bonchev–Trinajstić information content (AvgIpc) is 3.12. The number of alkyl halides is 3. The highest BCUT2D eigenvalue weighted by atomic mass is 32.1. The molecule has 0 saturated carbocycles. The van der Waals surface area contributed by atoms with Crippen molar-refractivity contribution in [3.05, 3.63) is 89.7 Å². The Kier molecular flexibility index (Phi) is 7.96. The number of amides is 2. The molecule has 1 saturated heterocycles. The zero-order valence-electron chi connectivity index (χ0n) is 20.2. The molecule has 0 bridgehead atoms. The van der Waals surface area contributed by atoms with Crippen molar-refractivity contribution in [1.82, 2.24) is 4.90 Å². The van der Waals surface area contributed by atoms with Gasteiger partial charge in [0.05, 0.1) is 24.8 Å². The van der Waals surface area contributed by atoms with E-state index >= 15 is 0 Å². The zero-order chi connectivity index (χ0) is 27.4. The van der Waals surface area contributed by atoms with Crippen molar-refractivity contribution < 1.29 is 31.9 Å². The summed E-state index contributed by atoms with van der Waals surface area (Å²) in [6.45, 7) is 0.237. The molecule has 2 amide bonds. The van der Waals surface area contributed by atoms with Crippen LogP contribution in [0.1, 0.15) is 17.5 Å². The van der Waals surface area contributed by atoms with E-state index in [1.807, 2.05) is 12.1 Å². The van der Waals surface area contributed by atoms with Gasteiger partial charge in [-0.2, -0.15) is 13.2 Å². The number of methoxy groups -OCH3 is 1. The quantitative estimate of drug-likeness (QED) is 0.302. The third kappa shape index (κ3) is 6.10. The topological polar surface area (TPSA) is 61.9 Å². The van der Waals surface area contributed by atoms with E-state index in [2.05, 4.69) is 5.32 Å². The molecular weight excluding hydrogens is 522 g/mol. The lowest BCUT2D eigenvalue weighted by atomic mass is 10.1. The van der Waals surface area contributed by atoms with Gasteiger partial charge in [-0.3, -0.25) is 14.5 Å². The molecule has 3 aromatic carbocycles. The second-order valence-electron chi connectivity index (χ2n) is 8.57. The molecule has 1 atom stereocenters. The van der Waals surface area contributed by atoms with E-state index in [9.17, 15) is 27.2 Å². The lowest BCUT2D eigenvalue weighted by Crippen LogP contribution is -2.39. The summed E-state index contributed by atoms with van der Waals surface area (Å²) in [6.07, 6.45) is -4.47. The number of carbonyl (C=O) groups is 2. The summed E-state index contributed by atoms with van der Waals surface area (Å²) in [5.41, 5.74) is 0.288. The molecule has 0 aliphatic carbocycles. The number of carbonyl (C=O) groups excluding carboxylic acids is 2. The van der Waals surface area contributed by atoms with Crippen LogP contribution in [0.4, 0.5) is 28.9 Å². The Balaban J connectivity index is 1.59. The SMILES string of the molecule is COc1ccc(CCN2C(=S)N(c3cccc(C(F)(F)F)c3)C(=O)C2CC(=O)Nc2ccc(F)cc2)cc1. The lowest BCUT2D eigenvalue weighted by Gasteiger charge is -2.24. The van der Waals surface area contributed by atoms with Crippen LogP contribution < -0.4 is 15.0 Å². The first kappa shape index (κ1) is 27.1. The molecule has 0 aromatic heterocycles. The number of rotatable bonds is 8. The van der Waals surface area contributed by atoms with Crippen molar-refractivity contribution in [1.29, 1.82) is 0 Å². The maximum absolute atomic E-state index is 13.5. The number of ether oxygens (including phenoxy) is 1. The van der Waals surface area contributed by atoms with Crippen LogP contribution in [0.5, 0.6) is 5.75 Å². The number of anilines is 2. The van der Waals surface area contributed by atoms with Crippen LogP contribution in [0.3, 0.4) is 0 Å². The first-order valence-corrected chi connectivity index (χ1v) is 12.0. The van der Waals surface area contributed by atoms with Gasteiger partial charge < -0.3 is 15.0 Å². The van der Waals surface area contributed by atoms with E-state index in [1.165, 1.54) is 36.4 Å². The smallest absolute Gasteiger partial charge is 0.416 e. The fourth-order valence-corrected chi connectivity index (χ4v) is 4.52. The molecule has 3 aromatic rings. The normalized spacial score (nSPS) is 15.7. The summed E-state index contributed by atoms with van der Waals surface area (Å²) in [7, 11) is 1.55. The summed E-state index contributed by atoms with van der Waals surface area (Å²) in [5, 5.41) is 2.62. The Bertz CT molecular complexity index is 1330. The molecule has 1 fully saturated rings. The number of thiocarbonyl (C=S) groups is 1. The van der Waals surface area contributed by atoms with Crippen molar-refractivity contribution in [2.45, 2.75) is 25.1 Å². The third-order valence-corrected chi connectivity index (χ3v) is 6.47. The van der Waals surface area contributed by atoms with Gasteiger partial charge in [-0.25, -0.2) is 4.39 Å². The molecule has 0 radical (unpaired) electrons. The molecular formula is C27H23F4N3O3S. The van der Waals surface area contributed by atoms with E-state index < -0.39 is 35.4 Å². The van der Waals surface area contributed by atoms with Crippen LogP contribution in [0.2, 0.25) is 0 Å². The standard InChI is InChI=1S/C27H23F4N3O3S/c1-37-22-11-5-17(6-12-22)13-14-33-23(16-24(35)32-20-9-7-19(28)8-10-20)25(36)34(26(33)38)21-4-2-3-18(15-21)27(29,30)31/h2-12,15,23H,13-14,16H2,1H3,(H,32,35). The van der Waals surface area contributed by atoms with Crippen LogP contribution in [-0.2, 0) is 22.2 Å². The van der Waals surface area contributed by atoms with E-state index in [0.29, 0.717) is 17.9 Å². The Labute approximate surface area is 221 Å². The second-order valence-corrected chi connectivity index (χ2v) is 8.94. The summed E-state index contributed by atoms with van der Waals surface area (Å²) >= 11 is 5.54. The van der Waals surface area contributed by atoms with Gasteiger partial charge in [0, 0.05) is 12.2 Å². The predicted molar refractivity (Wildman–Crippen MR) is 138 cm³/mol. The average molecular weight is 546 g/mol. The van der Waals surface area contributed by atoms with Gasteiger partial charge >= 0.3 is 6.18 Å². The van der Waals surface area contributed by atoms with Gasteiger partial charge in [0.15, 0.2) is 5.11 Å². The molecule has 1 aliphatic heterocycles. The fraction of sp³-hybridized carbons (Fsp3) is 0.222. The molecule has 1 heterocycles. The van der Waals surface area contributed by atoms with Crippen LogP contribution in [-0.4, -0.2) is 41.5 Å². The van der Waals surface area contributed by atoms with Crippen LogP contribution in [0.15, 0.2) is 72.8 Å². The maximum atomic E-state index is 13.5. The van der Waals surface area contributed by atoms with Crippen molar-refractivity contribution in [2.75, 3.05) is 23.9 Å². The first-order chi connectivity index (χ1) is 18.1. The number of nitrogens with one attached hydrogen (secondary N) is 1. The van der Waals surface area contributed by atoms with Crippen molar-refractivity contribution in [2.24, 2.45) is 0 Å². The van der Waals surface area contributed by atoms with Gasteiger partial charge in [0.1, 0.15) is 17.6 Å². The van der Waals surface area contributed by atoms with Crippen LogP contribution in [0, 0.1) is 5.82 Å². The number of hydrogen-bond donors (Lipinski definition) is 1. The van der Waals surface area contributed by atoms with Crippen molar-refractivity contribution in [3.63, 3.8) is 0 Å². The van der Waals surface area contributed by atoms with Gasteiger partial charge in [0.25, 0.3) is 5.91 Å². The summed E-state index contributed by atoms with van der Waals surface area (Å²) in [6, 6.07) is 15.7. The molecule has 11 heteroatoms. The van der Waals surface area contributed by atoms with Crippen LogP contribution in [0.25, 0.3) is 0 Å². The number of benzene rings is 3. The minimum Gasteiger partial charge on any atom is -0.497 e. The van der Waals surface area contributed by atoms with E-state index in [4.69, 9.17) is 17.0 Å². The molecule has 1 N–H and O–H groups in total. The Morgan fingerprint density at radius 3 is 2.37 bits per heavy atom. The monoisotopic (exact) mass is 545 g/mol. The molecule has 0 spiro atoms. The van der Waals surface area contributed by atoms with E-state index in [-0.39, 0.29) is 23.8 Å². The van der Waals surface area contributed by atoms with Crippen LogP contribution >= 0.6 is 12.2 Å². The van der Waals surface area contributed by atoms with Crippen molar-refractivity contribution >= 4 is 40.5 Å². The minimum atomic E-state index is -4.61. The Hall–Kier alpha value is -3.99. The van der Waals surface area contributed by atoms with E-state index in [1.54, 1.807) is 24.1 Å². The van der Waals surface area contributed by atoms with E-state index in [0.717, 1.165) is 22.6 Å². The van der Waals surface area contributed by atoms with Crippen molar-refractivity contribution in [3.8, 4) is 5.75 Å². The highest BCUT2D eigenvalue weighted by Gasteiger charge is 2.44. The molecule has 4 rings (SSSR count). The maximum Gasteiger partial charge on any atom is 0.416 e. The number of hydrogen-bond acceptors (Lipinski definition) is 4. The Morgan fingerprint density at radius 1 is 1.05 bits per heavy atom. The van der Waals surface area contributed by atoms with Gasteiger partial charge in [-0.15, -0.1) is 0 Å². The predicted octanol–water partition coefficient (Wildman–Crippen LogP) is 5.43. The fourth-order valence-electron chi connectivity index (χ4n) is 4.11. The minimum absolute atomic E-state index is 0.00224. The number of halogens is 4. The number of nitrogens with zero attached hydrogens (tertiary/aromatic N) is 2. The van der Waals surface area contributed by atoms with Gasteiger partial charge in [-0.05, 0) is 78.8 Å². The van der Waals surface area contributed by atoms with Gasteiger partial charge in [0.2, 0.25) is 5.91 Å². The lowest BCUT2D eigenvalue weighted by molar-refractivity contribution is -0.137. The Morgan fingerprint density at radius 2 is 1.74 bits per heavy atom. The summed E-state index contributed by atoms with van der Waals surface area (Å²) in [4.78, 5) is 28.9. The molecule has 198 valence electrons. The second kappa shape index (κ2) is 11.2.